The van der Waals surface area contributed by atoms with E-state index in [0.29, 0.717) is 0 Å². The maximum atomic E-state index is 9.41. The standard InChI is InChI=1S/C11H12BrClO/c12-8-2-3-9(10(13)6-8)11(7-14)4-1-5-11/h2-3,6,14H,1,4-5,7H2. The summed E-state index contributed by atoms with van der Waals surface area (Å²) >= 11 is 9.54. The number of rotatable bonds is 2. The Morgan fingerprint density at radius 2 is 2.14 bits per heavy atom. The van der Waals surface area contributed by atoms with Crippen molar-refractivity contribution in [2.45, 2.75) is 24.7 Å². The van der Waals surface area contributed by atoms with Crippen molar-refractivity contribution in [2.24, 2.45) is 0 Å². The summed E-state index contributed by atoms with van der Waals surface area (Å²) < 4.78 is 0.985. The van der Waals surface area contributed by atoms with E-state index < -0.39 is 0 Å². The summed E-state index contributed by atoms with van der Waals surface area (Å²) in [4.78, 5) is 0. The van der Waals surface area contributed by atoms with E-state index in [1.807, 2.05) is 18.2 Å². The molecule has 2 rings (SSSR count). The normalized spacial score (nSPS) is 19.1. The predicted molar refractivity (Wildman–Crippen MR) is 61.8 cm³/mol. The van der Waals surface area contributed by atoms with E-state index in [9.17, 15) is 5.11 Å². The van der Waals surface area contributed by atoms with Crippen molar-refractivity contribution in [1.82, 2.24) is 0 Å². The van der Waals surface area contributed by atoms with E-state index in [1.165, 1.54) is 6.42 Å². The molecule has 0 bridgehead atoms. The molecule has 1 saturated carbocycles. The van der Waals surface area contributed by atoms with Gasteiger partial charge >= 0.3 is 0 Å². The molecule has 0 amide bonds. The maximum absolute atomic E-state index is 9.41. The Morgan fingerprint density at radius 3 is 2.57 bits per heavy atom. The van der Waals surface area contributed by atoms with Crippen LogP contribution in [-0.2, 0) is 5.41 Å². The molecule has 14 heavy (non-hydrogen) atoms. The molecule has 1 nitrogen and oxygen atoms in total. The minimum Gasteiger partial charge on any atom is -0.395 e. The molecule has 0 saturated heterocycles. The van der Waals surface area contributed by atoms with Gasteiger partial charge in [0, 0.05) is 14.9 Å². The molecule has 1 aromatic rings. The SMILES string of the molecule is OCC1(c2ccc(Br)cc2Cl)CCC1. The fraction of sp³-hybridized carbons (Fsp3) is 0.455. The summed E-state index contributed by atoms with van der Waals surface area (Å²) in [7, 11) is 0. The van der Waals surface area contributed by atoms with Crippen LogP contribution in [0.25, 0.3) is 0 Å². The molecular weight excluding hydrogens is 263 g/mol. The first-order chi connectivity index (χ1) is 6.68. The van der Waals surface area contributed by atoms with E-state index in [4.69, 9.17) is 11.6 Å². The van der Waals surface area contributed by atoms with Gasteiger partial charge in [-0.1, -0.05) is 40.0 Å². The molecule has 1 N–H and O–H groups in total. The van der Waals surface area contributed by atoms with Gasteiger partial charge in [-0.3, -0.25) is 0 Å². The van der Waals surface area contributed by atoms with Crippen LogP contribution in [0.1, 0.15) is 24.8 Å². The molecule has 0 atom stereocenters. The molecule has 76 valence electrons. The largest absolute Gasteiger partial charge is 0.395 e. The first-order valence-electron chi connectivity index (χ1n) is 4.74. The van der Waals surface area contributed by atoms with Crippen molar-refractivity contribution in [2.75, 3.05) is 6.61 Å². The summed E-state index contributed by atoms with van der Waals surface area (Å²) in [6.45, 7) is 0.203. The highest BCUT2D eigenvalue weighted by Gasteiger charge is 2.39. The zero-order valence-corrected chi connectivity index (χ0v) is 10.1. The molecule has 0 aliphatic heterocycles. The van der Waals surface area contributed by atoms with Gasteiger partial charge in [-0.2, -0.15) is 0 Å². The van der Waals surface area contributed by atoms with E-state index in [2.05, 4.69) is 15.9 Å². The lowest BCUT2D eigenvalue weighted by molar-refractivity contribution is 0.120. The Kier molecular flexibility index (Phi) is 2.87. The monoisotopic (exact) mass is 274 g/mol. The average molecular weight is 276 g/mol. The van der Waals surface area contributed by atoms with Crippen LogP contribution in [0.3, 0.4) is 0 Å². The second-order valence-electron chi connectivity index (χ2n) is 3.92. The highest BCUT2D eigenvalue weighted by Crippen LogP contribution is 2.46. The van der Waals surface area contributed by atoms with Gasteiger partial charge in [0.25, 0.3) is 0 Å². The molecule has 0 unspecified atom stereocenters. The Hall–Kier alpha value is -0.0500. The molecule has 1 aliphatic carbocycles. The number of halogens is 2. The third kappa shape index (κ3) is 1.60. The van der Waals surface area contributed by atoms with Gasteiger partial charge in [0.1, 0.15) is 0 Å². The second kappa shape index (κ2) is 3.84. The molecule has 0 radical (unpaired) electrons. The third-order valence-corrected chi connectivity index (χ3v) is 3.92. The van der Waals surface area contributed by atoms with Crippen LogP contribution in [-0.4, -0.2) is 11.7 Å². The fourth-order valence-corrected chi connectivity index (χ4v) is 2.91. The van der Waals surface area contributed by atoms with E-state index in [1.54, 1.807) is 0 Å². The lowest BCUT2D eigenvalue weighted by atomic mass is 9.65. The Labute approximate surface area is 97.2 Å². The number of aliphatic hydroxyl groups is 1. The van der Waals surface area contributed by atoms with Crippen LogP contribution in [0.2, 0.25) is 5.02 Å². The van der Waals surface area contributed by atoms with Crippen molar-refractivity contribution in [1.29, 1.82) is 0 Å². The number of hydrogen-bond donors (Lipinski definition) is 1. The Morgan fingerprint density at radius 1 is 1.43 bits per heavy atom. The van der Waals surface area contributed by atoms with Crippen molar-refractivity contribution < 1.29 is 5.11 Å². The first kappa shape index (κ1) is 10.5. The van der Waals surface area contributed by atoms with Crippen LogP contribution in [0.5, 0.6) is 0 Å². The van der Waals surface area contributed by atoms with Gasteiger partial charge in [0.15, 0.2) is 0 Å². The van der Waals surface area contributed by atoms with Crippen LogP contribution < -0.4 is 0 Å². The Bertz CT molecular complexity index is 342. The van der Waals surface area contributed by atoms with Crippen LogP contribution >= 0.6 is 27.5 Å². The topological polar surface area (TPSA) is 20.2 Å². The van der Waals surface area contributed by atoms with Crippen LogP contribution in [0, 0.1) is 0 Å². The molecule has 0 aromatic heterocycles. The number of hydrogen-bond acceptors (Lipinski definition) is 1. The van der Waals surface area contributed by atoms with Gasteiger partial charge in [-0.15, -0.1) is 0 Å². The summed E-state index contributed by atoms with van der Waals surface area (Å²) in [6, 6.07) is 5.89. The quantitative estimate of drug-likeness (QED) is 0.875. The van der Waals surface area contributed by atoms with Gasteiger partial charge in [0.2, 0.25) is 0 Å². The Balaban J connectivity index is 2.40. The van der Waals surface area contributed by atoms with E-state index in [-0.39, 0.29) is 12.0 Å². The zero-order valence-electron chi connectivity index (χ0n) is 7.76. The lowest BCUT2D eigenvalue weighted by Crippen LogP contribution is -2.38. The molecule has 1 fully saturated rings. The van der Waals surface area contributed by atoms with Gasteiger partial charge in [0.05, 0.1) is 6.61 Å². The van der Waals surface area contributed by atoms with Crippen molar-refractivity contribution in [3.05, 3.63) is 33.3 Å². The van der Waals surface area contributed by atoms with Crippen molar-refractivity contribution in [3.8, 4) is 0 Å². The molecule has 1 aromatic carbocycles. The minimum atomic E-state index is -0.0578. The molecule has 3 heteroatoms. The van der Waals surface area contributed by atoms with Gasteiger partial charge in [-0.25, -0.2) is 0 Å². The summed E-state index contributed by atoms with van der Waals surface area (Å²) in [6.07, 6.45) is 3.28. The maximum Gasteiger partial charge on any atom is 0.0528 e. The highest BCUT2D eigenvalue weighted by molar-refractivity contribution is 9.10. The lowest BCUT2D eigenvalue weighted by Gasteiger charge is -2.41. The number of aliphatic hydroxyl groups excluding tert-OH is 1. The van der Waals surface area contributed by atoms with Gasteiger partial charge in [-0.05, 0) is 30.5 Å². The van der Waals surface area contributed by atoms with Crippen molar-refractivity contribution >= 4 is 27.5 Å². The predicted octanol–water partition coefficient (Wildman–Crippen LogP) is 3.52. The van der Waals surface area contributed by atoms with Crippen LogP contribution in [0.15, 0.2) is 22.7 Å². The molecule has 1 aliphatic rings. The smallest absolute Gasteiger partial charge is 0.0528 e. The summed E-state index contributed by atoms with van der Waals surface area (Å²) in [5, 5.41) is 10.2. The van der Waals surface area contributed by atoms with Gasteiger partial charge < -0.3 is 5.11 Å². The molecule has 0 spiro atoms. The fourth-order valence-electron chi connectivity index (χ4n) is 2.04. The summed E-state index contributed by atoms with van der Waals surface area (Å²) in [5.74, 6) is 0. The minimum absolute atomic E-state index is 0.0578. The van der Waals surface area contributed by atoms with E-state index >= 15 is 0 Å². The van der Waals surface area contributed by atoms with E-state index in [0.717, 1.165) is 27.9 Å². The third-order valence-electron chi connectivity index (χ3n) is 3.12. The molecule has 0 heterocycles. The second-order valence-corrected chi connectivity index (χ2v) is 5.24. The highest BCUT2D eigenvalue weighted by atomic mass is 79.9. The average Bonchev–Trinajstić information content (AvgIpc) is 2.07. The first-order valence-corrected chi connectivity index (χ1v) is 5.91. The zero-order chi connectivity index (χ0) is 10.2. The van der Waals surface area contributed by atoms with Crippen LogP contribution in [0.4, 0.5) is 0 Å². The number of benzene rings is 1. The summed E-state index contributed by atoms with van der Waals surface area (Å²) in [5.41, 5.74) is 1.04. The molecular formula is C11H12BrClO. The van der Waals surface area contributed by atoms with Crippen molar-refractivity contribution in [3.63, 3.8) is 0 Å².